The average Bonchev–Trinajstić information content (AvgIpc) is 0.772. The normalized spacial score (nSPS) is 16.2. The zero-order valence-electron chi connectivity index (χ0n) is 66.4. The number of nitrogens with one attached hydrogen (secondary N) is 4. The van der Waals surface area contributed by atoms with Gasteiger partial charge in [0.15, 0.2) is 0 Å². The molecule has 11 rings (SSSR count). The van der Waals surface area contributed by atoms with Gasteiger partial charge in [-0.3, -0.25) is 14.7 Å². The Hall–Kier alpha value is -12.0. The Kier molecular flexibility index (Phi) is 32.6. The van der Waals surface area contributed by atoms with E-state index >= 15 is 0 Å². The maximum Gasteiger partial charge on any atom is 0.573 e. The third kappa shape index (κ3) is 27.3. The van der Waals surface area contributed by atoms with Gasteiger partial charge >= 0.3 is 55.8 Å². The molecular weight excluding hydrogens is 1690 g/mol. The van der Waals surface area contributed by atoms with Crippen LogP contribution in [0.3, 0.4) is 0 Å². The van der Waals surface area contributed by atoms with Crippen molar-refractivity contribution in [3.63, 3.8) is 0 Å². The van der Waals surface area contributed by atoms with E-state index in [1.807, 2.05) is 0 Å². The number of hydrogen-bond donors (Lipinski definition) is 5. The molecule has 1 aromatic heterocycles. The van der Waals surface area contributed by atoms with Gasteiger partial charge in [0.25, 0.3) is 0 Å². The van der Waals surface area contributed by atoms with Gasteiger partial charge < -0.3 is 50.1 Å². The van der Waals surface area contributed by atoms with Crippen molar-refractivity contribution in [1.29, 1.82) is 0 Å². The molecule has 2 atom stereocenters. The van der Waals surface area contributed by atoms with E-state index < -0.39 is 133 Å². The third-order valence-electron chi connectivity index (χ3n) is 20.1. The lowest BCUT2D eigenvalue weighted by Crippen LogP contribution is -2.56. The molecule has 8 aromatic carbocycles. The number of esters is 1. The van der Waals surface area contributed by atoms with Crippen LogP contribution in [0.1, 0.15) is 89.9 Å². The fraction of sp³-hybridized carbons (Fsp3) is 0.330. The highest BCUT2D eigenvalue weighted by atomic mass is 28.3. The number of benzene rings is 8. The summed E-state index contributed by atoms with van der Waals surface area (Å²) >= 11 is 0. The van der Waals surface area contributed by atoms with Crippen molar-refractivity contribution in [1.82, 2.24) is 36.3 Å². The predicted octanol–water partition coefficient (Wildman–Crippen LogP) is 21.3. The second-order valence-electron chi connectivity index (χ2n) is 30.3. The van der Waals surface area contributed by atoms with Crippen LogP contribution in [0.15, 0.2) is 237 Å². The lowest BCUT2D eigenvalue weighted by atomic mass is 9.69. The summed E-state index contributed by atoms with van der Waals surface area (Å²) in [6, 6.07) is 42.1. The van der Waals surface area contributed by atoms with Gasteiger partial charge in [-0.2, -0.15) is 35.1 Å². The summed E-state index contributed by atoms with van der Waals surface area (Å²) in [7, 11) is 1.64. The Morgan fingerprint density at radius 2 is 0.887 bits per heavy atom. The van der Waals surface area contributed by atoms with Crippen LogP contribution in [0, 0.1) is 35.1 Å². The number of rotatable bonds is 33. The molecule has 0 spiro atoms. The van der Waals surface area contributed by atoms with Crippen molar-refractivity contribution < 1.29 is 127 Å². The molecule has 0 unspecified atom stereocenters. The fourth-order valence-corrected chi connectivity index (χ4v) is 14.5. The first kappa shape index (κ1) is 97.5. The zero-order valence-corrected chi connectivity index (χ0v) is 67.4. The summed E-state index contributed by atoms with van der Waals surface area (Å²) in [4.78, 5) is 53.6. The highest BCUT2D eigenvalue weighted by Crippen LogP contribution is 2.46. The van der Waals surface area contributed by atoms with Crippen molar-refractivity contribution in [2.75, 3.05) is 20.8 Å². The number of urea groups is 2. The number of aliphatic hydroxyl groups is 1. The summed E-state index contributed by atoms with van der Waals surface area (Å²) in [5.41, 5.74) is -2.37. The number of hydrogen-bond acceptors (Lipinski definition) is 13. The highest BCUT2D eigenvalue weighted by molar-refractivity contribution is 6.76. The van der Waals surface area contributed by atoms with E-state index in [4.69, 9.17) is 9.57 Å². The van der Waals surface area contributed by atoms with Gasteiger partial charge in [-0.1, -0.05) is 149 Å². The summed E-state index contributed by atoms with van der Waals surface area (Å²) in [5, 5.41) is 22.4. The molecule has 124 heavy (non-hydrogen) atoms. The molecule has 2 aliphatic carbocycles. The van der Waals surface area contributed by atoms with Crippen LogP contribution in [0.2, 0.25) is 25.7 Å². The Morgan fingerprint density at radius 3 is 1.26 bits per heavy atom. The first-order valence-electron chi connectivity index (χ1n) is 37.8. The molecule has 36 heteroatoms. The molecule has 0 radical (unpaired) electrons. The van der Waals surface area contributed by atoms with E-state index in [9.17, 15) is 98.5 Å². The molecule has 0 saturated heterocycles. The summed E-state index contributed by atoms with van der Waals surface area (Å²) in [6.07, 6.45) is -24.1. The molecule has 0 aliphatic heterocycles. The third-order valence-corrected chi connectivity index (χ3v) is 21.8. The topological polar surface area (TPSA) is 204 Å². The number of alkyl halides is 14. The van der Waals surface area contributed by atoms with Crippen molar-refractivity contribution in [3.8, 4) is 23.0 Å². The molecule has 9 aromatic rings. The first-order valence-corrected chi connectivity index (χ1v) is 41.5. The summed E-state index contributed by atoms with van der Waals surface area (Å²) < 4.78 is 265. The second kappa shape index (κ2) is 41.5. The van der Waals surface area contributed by atoms with E-state index in [1.54, 1.807) is 73.8 Å². The van der Waals surface area contributed by atoms with Crippen molar-refractivity contribution in [2.45, 2.75) is 151 Å². The zero-order chi connectivity index (χ0) is 90.0. The van der Waals surface area contributed by atoms with Crippen LogP contribution in [0.4, 0.5) is 88.6 Å². The number of halogens is 18. The van der Waals surface area contributed by atoms with Gasteiger partial charge in [-0.05, 0) is 155 Å². The number of carbonyl (C=O) groups excluding carboxylic acids is 3. The van der Waals surface area contributed by atoms with E-state index in [-0.39, 0.29) is 102 Å². The van der Waals surface area contributed by atoms with Gasteiger partial charge in [0.1, 0.15) is 52.1 Å². The quantitative estimate of drug-likeness (QED) is 0.00855. The Balaban J connectivity index is 0.000000230. The molecule has 2 fully saturated rings. The van der Waals surface area contributed by atoms with E-state index in [2.05, 4.69) is 83.0 Å². The van der Waals surface area contributed by atoms with E-state index in [0.29, 0.717) is 55.0 Å². The second-order valence-corrected chi connectivity index (χ2v) is 35.9. The number of allylic oxidation sites excluding steroid dienone is 2. The molecule has 2 aliphatic rings. The first-order chi connectivity index (χ1) is 57.7. The lowest BCUT2D eigenvalue weighted by Gasteiger charge is -2.41. The molecule has 0 bridgehead atoms. The van der Waals surface area contributed by atoms with Gasteiger partial charge in [0, 0.05) is 93.9 Å². The monoisotopic (exact) mass is 1770 g/mol. The van der Waals surface area contributed by atoms with Crippen LogP contribution in [0.5, 0.6) is 23.0 Å². The number of aromatic nitrogens is 2. The molecular formula is C88H89F18N7O10Si. The predicted molar refractivity (Wildman–Crippen MR) is 426 cm³/mol. The fourth-order valence-electron chi connectivity index (χ4n) is 13.8. The summed E-state index contributed by atoms with van der Waals surface area (Å²) in [5.74, 6) is -6.93. The van der Waals surface area contributed by atoms with Gasteiger partial charge in [-0.25, -0.2) is 37.1 Å². The molecule has 2 saturated carbocycles. The highest BCUT2D eigenvalue weighted by Gasteiger charge is 2.49. The van der Waals surface area contributed by atoms with Crippen molar-refractivity contribution in [2.24, 2.45) is 11.8 Å². The lowest BCUT2D eigenvalue weighted by molar-refractivity contribution is -0.275. The average molecular weight is 1770 g/mol. The number of carbonyl (C=O) groups is 3. The smallest absolute Gasteiger partial charge is 0.513 e. The van der Waals surface area contributed by atoms with Crippen LogP contribution < -0.4 is 40.2 Å². The van der Waals surface area contributed by atoms with Crippen LogP contribution in [0.25, 0.3) is 0 Å². The molecule has 17 nitrogen and oxygen atoms in total. The van der Waals surface area contributed by atoms with Crippen molar-refractivity contribution >= 4 is 26.1 Å². The number of ether oxygens (including phenoxy) is 5. The van der Waals surface area contributed by atoms with E-state index in [1.165, 1.54) is 73.1 Å². The van der Waals surface area contributed by atoms with Crippen molar-refractivity contribution in [3.05, 3.63) is 311 Å². The van der Waals surface area contributed by atoms with Crippen LogP contribution >= 0.6 is 0 Å². The number of aliphatic hydroxyl groups excluding tert-OH is 1. The molecule has 5 N–H and O–H groups in total. The van der Waals surface area contributed by atoms with Crippen LogP contribution in [-0.4, -0.2) is 117 Å². The SMILES string of the molecule is C.C=C(C1CC(NC(=O)N[C@](Cc2ccccc2)(c2ccc(F)cc2)c2cc(F)cc(OC(F)(F)C(F)F)c2)C1)N(C)OC.C=C(O)C1CC(NC(=O)N[C@](Cc2ccccc2)(c2ccc(F)cc2)c2cc(F)cc(OC(F)(F)C(F)F)c2)C1.C[Si](C)(C)CCOC(=O)CC(Cc1ncccn1)(c1cccc(OC(F)(F)F)c1)c1cccc(OC(F)(F)F)c1. The number of amides is 4. The van der Waals surface area contributed by atoms with Gasteiger partial charge in [-0.15, -0.1) is 26.3 Å². The Morgan fingerprint density at radius 1 is 0.492 bits per heavy atom. The maximum absolute atomic E-state index is 15.0. The largest absolute Gasteiger partial charge is 0.573 e. The van der Waals surface area contributed by atoms with Crippen LogP contribution in [-0.2, 0) is 50.1 Å². The number of nitrogens with zero attached hydrogens (tertiary/aromatic N) is 3. The minimum Gasteiger partial charge on any atom is -0.513 e. The van der Waals surface area contributed by atoms with Gasteiger partial charge in [0.05, 0.1) is 37.0 Å². The number of hydroxylamine groups is 2. The van der Waals surface area contributed by atoms with E-state index in [0.717, 1.165) is 78.5 Å². The van der Waals surface area contributed by atoms with Gasteiger partial charge in [0.2, 0.25) is 0 Å². The molecule has 4 amide bonds. The molecule has 1 heterocycles. The standard InChI is InChI=1S/C31H31F6N3O3.C29H26F6N2O3.C27H28F6N2O4Si.CH4/c1-19(40(2)42-3)21-13-26(14-21)38-29(41)39-30(18-20-7-5-4-6-8-20,22-9-11-24(32)12-10-22)23-15-25(33)17-27(16-23)43-31(36,37)28(34)35;1-17(38)19-11-24(12-19)36-27(39)37-28(16-18-5-3-2-4-6-18,20-7-9-22(30)10-8-20)21-13-23(31)15-25(14-21)40-29(34,35)26(32)33;1-40(2,3)14-13-37-24(36)18-25(17-23-34-11-6-12-35-23,19-7-4-9-21(15-19)38-26(28,29)30)20-8-5-10-22(16-20)39-27(31,32)33;/h4-12,15-17,21,26,28H,1,13-14,18H2,2-3H3,(H2,38,39,41);2-10,13-15,19,24,26,38H,1,11-12,16H2,(H2,36,37,39);4-12,15-16H,13-14,17-18H2,1-3H3;1H4/t21?,26?,30-;19?,24?,28-;;/m11../s1. The maximum atomic E-state index is 15.0. The summed E-state index contributed by atoms with van der Waals surface area (Å²) in [6.45, 7) is 13.9. The minimum atomic E-state index is -5.00. The Labute approximate surface area is 703 Å². The minimum absolute atomic E-state index is 0. The molecule has 666 valence electrons. The Bertz CT molecular complexity index is 4980.